The Morgan fingerprint density at radius 2 is 2.00 bits per heavy atom. The van der Waals surface area contributed by atoms with Gasteiger partial charge in [0.05, 0.1) is 5.02 Å². The van der Waals surface area contributed by atoms with Crippen LogP contribution in [0.1, 0.15) is 25.5 Å². The van der Waals surface area contributed by atoms with Gasteiger partial charge in [0.1, 0.15) is 5.82 Å². The number of hydrogen-bond acceptors (Lipinski definition) is 1. The minimum Gasteiger partial charge on any atom is -0.324 e. The van der Waals surface area contributed by atoms with Crippen molar-refractivity contribution < 1.29 is 4.39 Å². The van der Waals surface area contributed by atoms with E-state index in [2.05, 4.69) is 0 Å². The molecule has 0 heterocycles. The molecule has 2 N–H and O–H groups in total. The SMILES string of the molecule is CC(C)[C@@H](N)c1ccc(F)c(Cl)c1. The van der Waals surface area contributed by atoms with Crippen LogP contribution in [0.15, 0.2) is 18.2 Å². The van der Waals surface area contributed by atoms with Crippen molar-refractivity contribution in [1.82, 2.24) is 0 Å². The Hall–Kier alpha value is -0.600. The smallest absolute Gasteiger partial charge is 0.141 e. The normalized spacial score (nSPS) is 13.4. The van der Waals surface area contributed by atoms with Gasteiger partial charge in [0, 0.05) is 6.04 Å². The molecule has 0 amide bonds. The van der Waals surface area contributed by atoms with Gasteiger partial charge in [0.15, 0.2) is 0 Å². The van der Waals surface area contributed by atoms with Crippen LogP contribution in [-0.2, 0) is 0 Å². The molecule has 0 saturated carbocycles. The van der Waals surface area contributed by atoms with E-state index in [0.717, 1.165) is 5.56 Å². The molecule has 0 aromatic heterocycles. The van der Waals surface area contributed by atoms with Gasteiger partial charge in [-0.1, -0.05) is 31.5 Å². The lowest BCUT2D eigenvalue weighted by Crippen LogP contribution is -2.16. The summed E-state index contributed by atoms with van der Waals surface area (Å²) in [6.45, 7) is 4.03. The molecule has 0 fully saturated rings. The number of halogens is 2. The monoisotopic (exact) mass is 201 g/mol. The predicted molar refractivity (Wildman–Crippen MR) is 53.2 cm³/mol. The highest BCUT2D eigenvalue weighted by Crippen LogP contribution is 2.23. The first-order valence-electron chi connectivity index (χ1n) is 4.23. The van der Waals surface area contributed by atoms with Gasteiger partial charge in [-0.05, 0) is 23.6 Å². The molecule has 0 spiro atoms. The van der Waals surface area contributed by atoms with Crippen LogP contribution in [0.25, 0.3) is 0 Å². The third-order valence-corrected chi connectivity index (χ3v) is 2.34. The molecule has 0 saturated heterocycles. The average molecular weight is 202 g/mol. The van der Waals surface area contributed by atoms with Gasteiger partial charge in [-0.25, -0.2) is 4.39 Å². The van der Waals surface area contributed by atoms with Crippen LogP contribution in [0.4, 0.5) is 4.39 Å². The zero-order valence-electron chi connectivity index (χ0n) is 7.72. The lowest BCUT2D eigenvalue weighted by molar-refractivity contribution is 0.513. The third-order valence-electron chi connectivity index (χ3n) is 2.05. The summed E-state index contributed by atoms with van der Waals surface area (Å²) >= 11 is 5.63. The van der Waals surface area contributed by atoms with Crippen LogP contribution >= 0.6 is 11.6 Å². The summed E-state index contributed by atoms with van der Waals surface area (Å²) < 4.78 is 12.8. The second-order valence-electron chi connectivity index (χ2n) is 3.44. The number of rotatable bonds is 2. The van der Waals surface area contributed by atoms with Crippen molar-refractivity contribution >= 4 is 11.6 Å². The molecule has 13 heavy (non-hydrogen) atoms. The molecule has 1 aromatic rings. The van der Waals surface area contributed by atoms with E-state index in [1.54, 1.807) is 12.1 Å². The van der Waals surface area contributed by atoms with E-state index in [1.807, 2.05) is 13.8 Å². The Kier molecular flexibility index (Phi) is 3.28. The molecule has 0 bridgehead atoms. The number of nitrogens with two attached hydrogens (primary N) is 1. The average Bonchev–Trinajstić information content (AvgIpc) is 2.08. The summed E-state index contributed by atoms with van der Waals surface area (Å²) in [5.74, 6) is -0.0806. The minimum atomic E-state index is -0.402. The van der Waals surface area contributed by atoms with E-state index in [9.17, 15) is 4.39 Å². The second kappa shape index (κ2) is 4.07. The van der Waals surface area contributed by atoms with Crippen LogP contribution in [0.5, 0.6) is 0 Å². The van der Waals surface area contributed by atoms with Crippen LogP contribution in [0.2, 0.25) is 5.02 Å². The summed E-state index contributed by atoms with van der Waals surface area (Å²) in [4.78, 5) is 0. The van der Waals surface area contributed by atoms with Crippen molar-refractivity contribution in [3.63, 3.8) is 0 Å². The van der Waals surface area contributed by atoms with Crippen LogP contribution in [0.3, 0.4) is 0 Å². The number of hydrogen-bond donors (Lipinski definition) is 1. The Bertz CT molecular complexity index is 299. The minimum absolute atomic E-state index is 0.0851. The molecule has 1 aromatic carbocycles. The van der Waals surface area contributed by atoms with E-state index in [-0.39, 0.29) is 11.1 Å². The highest BCUT2D eigenvalue weighted by atomic mass is 35.5. The number of benzene rings is 1. The van der Waals surface area contributed by atoms with E-state index >= 15 is 0 Å². The molecule has 0 radical (unpaired) electrons. The van der Waals surface area contributed by atoms with Crippen LogP contribution in [0, 0.1) is 11.7 Å². The van der Waals surface area contributed by atoms with Crippen molar-refractivity contribution in [2.75, 3.05) is 0 Å². The lowest BCUT2D eigenvalue weighted by Gasteiger charge is -2.16. The zero-order chi connectivity index (χ0) is 10.0. The first kappa shape index (κ1) is 10.5. The standard InChI is InChI=1S/C10H13ClFN/c1-6(2)10(13)7-3-4-9(12)8(11)5-7/h3-6,10H,13H2,1-2H3/t10-/m1/s1. The summed E-state index contributed by atoms with van der Waals surface area (Å²) in [7, 11) is 0. The van der Waals surface area contributed by atoms with Crippen molar-refractivity contribution in [3.05, 3.63) is 34.6 Å². The molecule has 0 aliphatic heterocycles. The first-order valence-corrected chi connectivity index (χ1v) is 4.60. The molecular weight excluding hydrogens is 189 g/mol. The maximum absolute atomic E-state index is 12.8. The Morgan fingerprint density at radius 3 is 2.46 bits per heavy atom. The van der Waals surface area contributed by atoms with Crippen molar-refractivity contribution in [3.8, 4) is 0 Å². The van der Waals surface area contributed by atoms with E-state index in [4.69, 9.17) is 17.3 Å². The molecule has 0 unspecified atom stereocenters. The summed E-state index contributed by atoms with van der Waals surface area (Å²) in [5.41, 5.74) is 6.75. The van der Waals surface area contributed by atoms with Crippen molar-refractivity contribution in [2.24, 2.45) is 11.7 Å². The van der Waals surface area contributed by atoms with Crippen molar-refractivity contribution in [2.45, 2.75) is 19.9 Å². The fourth-order valence-electron chi connectivity index (χ4n) is 1.10. The molecular formula is C10H13ClFN. The van der Waals surface area contributed by atoms with Crippen molar-refractivity contribution in [1.29, 1.82) is 0 Å². The Morgan fingerprint density at radius 1 is 1.38 bits per heavy atom. The Labute approximate surface area is 82.7 Å². The quantitative estimate of drug-likeness (QED) is 0.782. The van der Waals surface area contributed by atoms with Crippen LogP contribution < -0.4 is 5.73 Å². The van der Waals surface area contributed by atoms with Gasteiger partial charge in [-0.2, -0.15) is 0 Å². The predicted octanol–water partition coefficient (Wildman–Crippen LogP) is 3.13. The van der Waals surface area contributed by atoms with Gasteiger partial charge in [0.2, 0.25) is 0 Å². The zero-order valence-corrected chi connectivity index (χ0v) is 8.48. The molecule has 3 heteroatoms. The second-order valence-corrected chi connectivity index (χ2v) is 3.85. The molecule has 0 aliphatic rings. The fraction of sp³-hybridized carbons (Fsp3) is 0.400. The van der Waals surface area contributed by atoms with E-state index in [0.29, 0.717) is 5.92 Å². The molecule has 72 valence electrons. The first-order chi connectivity index (χ1) is 6.02. The van der Waals surface area contributed by atoms with Gasteiger partial charge >= 0.3 is 0 Å². The largest absolute Gasteiger partial charge is 0.324 e. The summed E-state index contributed by atoms with van der Waals surface area (Å²) in [6.07, 6.45) is 0. The highest BCUT2D eigenvalue weighted by Gasteiger charge is 2.11. The maximum atomic E-state index is 12.8. The van der Waals surface area contributed by atoms with E-state index < -0.39 is 5.82 Å². The molecule has 1 nitrogen and oxygen atoms in total. The van der Waals surface area contributed by atoms with Gasteiger partial charge in [0.25, 0.3) is 0 Å². The van der Waals surface area contributed by atoms with Crippen LogP contribution in [-0.4, -0.2) is 0 Å². The lowest BCUT2D eigenvalue weighted by atomic mass is 9.97. The highest BCUT2D eigenvalue weighted by molar-refractivity contribution is 6.30. The van der Waals surface area contributed by atoms with Gasteiger partial charge in [-0.15, -0.1) is 0 Å². The topological polar surface area (TPSA) is 26.0 Å². The third kappa shape index (κ3) is 2.42. The maximum Gasteiger partial charge on any atom is 0.141 e. The van der Waals surface area contributed by atoms with E-state index in [1.165, 1.54) is 6.07 Å². The fourth-order valence-corrected chi connectivity index (χ4v) is 1.29. The molecule has 0 aliphatic carbocycles. The summed E-state index contributed by atoms with van der Waals surface area (Å²) in [5, 5.41) is 0.133. The van der Waals surface area contributed by atoms with Gasteiger partial charge in [-0.3, -0.25) is 0 Å². The molecule has 1 rings (SSSR count). The molecule has 1 atom stereocenters. The van der Waals surface area contributed by atoms with Gasteiger partial charge < -0.3 is 5.73 Å². The Balaban J connectivity index is 2.97. The summed E-state index contributed by atoms with van der Waals surface area (Å²) in [6, 6.07) is 4.52.